The summed E-state index contributed by atoms with van der Waals surface area (Å²) in [5.41, 5.74) is 2.44. The smallest absolute Gasteiger partial charge is 0.280 e. The molecule has 0 aliphatic heterocycles. The predicted octanol–water partition coefficient (Wildman–Crippen LogP) is 2.97. The largest absolute Gasteiger partial charge is 0.383 e. The van der Waals surface area contributed by atoms with Crippen LogP contribution in [0.15, 0.2) is 65.5 Å². The van der Waals surface area contributed by atoms with Crippen LogP contribution in [0.2, 0.25) is 0 Å². The van der Waals surface area contributed by atoms with Crippen molar-refractivity contribution in [3.05, 3.63) is 76.6 Å². The van der Waals surface area contributed by atoms with Crippen molar-refractivity contribution in [2.24, 2.45) is 0 Å². The summed E-state index contributed by atoms with van der Waals surface area (Å²) in [6.07, 6.45) is 0. The number of carbonyl (C=O) groups is 1. The van der Waals surface area contributed by atoms with E-state index in [4.69, 9.17) is 4.74 Å². The zero-order valence-corrected chi connectivity index (χ0v) is 16.0. The van der Waals surface area contributed by atoms with E-state index in [1.807, 2.05) is 67.6 Å². The molecule has 144 valence electrons. The molecule has 1 aromatic heterocycles. The number of methoxy groups -OCH3 is 1. The fourth-order valence-electron chi connectivity index (χ4n) is 3.03. The summed E-state index contributed by atoms with van der Waals surface area (Å²) >= 11 is 0. The molecule has 3 aromatic rings. The molecule has 2 aromatic carbocycles. The molecule has 6 heteroatoms. The molecule has 0 unspecified atom stereocenters. The Bertz CT molecular complexity index is 999. The molecule has 1 heterocycles. The zero-order chi connectivity index (χ0) is 19.9. The first kappa shape index (κ1) is 19.5. The molecule has 0 radical (unpaired) electrons. The third-order valence-electron chi connectivity index (χ3n) is 4.38. The van der Waals surface area contributed by atoms with Gasteiger partial charge in [-0.25, -0.2) is 4.68 Å². The lowest BCUT2D eigenvalue weighted by Gasteiger charge is -2.16. The fourth-order valence-corrected chi connectivity index (χ4v) is 3.03. The van der Waals surface area contributed by atoms with Crippen molar-refractivity contribution < 1.29 is 9.53 Å². The Morgan fingerprint density at radius 2 is 1.64 bits per heavy atom. The highest BCUT2D eigenvalue weighted by molar-refractivity contribution is 6.03. The fraction of sp³-hybridized carbons (Fsp3) is 0.227. The number of benzene rings is 2. The molecule has 0 aliphatic carbocycles. The highest BCUT2D eigenvalue weighted by atomic mass is 16.5. The second kappa shape index (κ2) is 9.10. The number of rotatable bonds is 7. The van der Waals surface area contributed by atoms with Crippen LogP contribution in [-0.2, 0) is 11.3 Å². The van der Waals surface area contributed by atoms with Crippen molar-refractivity contribution in [3.63, 3.8) is 0 Å². The molecular weight excluding hydrogens is 354 g/mol. The number of amides is 1. The number of nitrogens with zero attached hydrogens (tertiary/aromatic N) is 2. The van der Waals surface area contributed by atoms with E-state index in [0.717, 1.165) is 11.1 Å². The monoisotopic (exact) mass is 377 g/mol. The van der Waals surface area contributed by atoms with E-state index in [1.165, 1.54) is 4.68 Å². The predicted molar refractivity (Wildman–Crippen MR) is 109 cm³/mol. The van der Waals surface area contributed by atoms with Gasteiger partial charge in [-0.05, 0) is 12.5 Å². The Morgan fingerprint density at radius 3 is 2.21 bits per heavy atom. The average Bonchev–Trinajstić information content (AvgIpc) is 2.74. The maximum absolute atomic E-state index is 13.1. The van der Waals surface area contributed by atoms with Crippen molar-refractivity contribution >= 4 is 5.91 Å². The molecule has 1 N–H and O–H groups in total. The van der Waals surface area contributed by atoms with Gasteiger partial charge in [-0.1, -0.05) is 60.7 Å². The summed E-state index contributed by atoms with van der Waals surface area (Å²) < 4.78 is 6.33. The highest BCUT2D eigenvalue weighted by Gasteiger charge is 2.24. The van der Waals surface area contributed by atoms with Gasteiger partial charge in [0.2, 0.25) is 0 Å². The summed E-state index contributed by atoms with van der Waals surface area (Å²) in [6, 6.07) is 19.0. The second-order valence-electron chi connectivity index (χ2n) is 6.20. The van der Waals surface area contributed by atoms with Crippen molar-refractivity contribution in [2.45, 2.75) is 13.5 Å². The molecule has 0 atom stereocenters. The first-order valence-corrected chi connectivity index (χ1v) is 9.20. The molecule has 0 spiro atoms. The summed E-state index contributed by atoms with van der Waals surface area (Å²) in [6.45, 7) is 2.88. The van der Waals surface area contributed by atoms with E-state index in [1.54, 1.807) is 7.11 Å². The van der Waals surface area contributed by atoms with Crippen LogP contribution in [0, 0.1) is 0 Å². The molecule has 28 heavy (non-hydrogen) atoms. The van der Waals surface area contributed by atoms with Crippen LogP contribution in [0.3, 0.4) is 0 Å². The zero-order valence-electron chi connectivity index (χ0n) is 16.0. The minimum absolute atomic E-state index is 0.0954. The molecule has 6 nitrogen and oxygen atoms in total. The van der Waals surface area contributed by atoms with Crippen molar-refractivity contribution in [3.8, 4) is 22.4 Å². The van der Waals surface area contributed by atoms with Gasteiger partial charge in [0.05, 0.1) is 12.3 Å². The summed E-state index contributed by atoms with van der Waals surface area (Å²) in [5, 5.41) is 7.35. The molecule has 0 saturated heterocycles. The Morgan fingerprint density at radius 1 is 1.04 bits per heavy atom. The van der Waals surface area contributed by atoms with Gasteiger partial charge < -0.3 is 10.1 Å². The average molecular weight is 377 g/mol. The number of aromatic nitrogens is 2. The normalized spacial score (nSPS) is 10.6. The molecule has 0 fully saturated rings. The van der Waals surface area contributed by atoms with Gasteiger partial charge in [-0.2, -0.15) is 5.10 Å². The van der Waals surface area contributed by atoms with Crippen LogP contribution in [-0.4, -0.2) is 35.9 Å². The third-order valence-corrected chi connectivity index (χ3v) is 4.38. The Labute approximate surface area is 163 Å². The summed E-state index contributed by atoms with van der Waals surface area (Å²) in [4.78, 5) is 26.0. The quantitative estimate of drug-likeness (QED) is 0.643. The molecule has 1 amide bonds. The van der Waals surface area contributed by atoms with Gasteiger partial charge >= 0.3 is 0 Å². The first-order chi connectivity index (χ1) is 13.7. The van der Waals surface area contributed by atoms with E-state index in [9.17, 15) is 9.59 Å². The van der Waals surface area contributed by atoms with Crippen LogP contribution in [0.5, 0.6) is 0 Å². The molecule has 0 aliphatic rings. The Hall–Kier alpha value is -3.25. The van der Waals surface area contributed by atoms with Gasteiger partial charge in [-0.15, -0.1) is 0 Å². The Kier molecular flexibility index (Phi) is 6.34. The SMILES string of the molecule is CCn1nc(-c2ccccc2)c(-c2ccccc2)c(C(=O)NCCOC)c1=O. The number of nitrogens with one attached hydrogen (secondary N) is 1. The molecular formula is C22H23N3O3. The number of hydrogen-bond acceptors (Lipinski definition) is 4. The number of ether oxygens (including phenoxy) is 1. The first-order valence-electron chi connectivity index (χ1n) is 9.20. The van der Waals surface area contributed by atoms with Crippen LogP contribution >= 0.6 is 0 Å². The lowest BCUT2D eigenvalue weighted by Crippen LogP contribution is -2.36. The van der Waals surface area contributed by atoms with Crippen LogP contribution in [0.1, 0.15) is 17.3 Å². The van der Waals surface area contributed by atoms with Gasteiger partial charge in [-0.3, -0.25) is 9.59 Å². The van der Waals surface area contributed by atoms with Gasteiger partial charge in [0, 0.05) is 31.3 Å². The van der Waals surface area contributed by atoms with Crippen molar-refractivity contribution in [2.75, 3.05) is 20.3 Å². The molecule has 3 rings (SSSR count). The second-order valence-corrected chi connectivity index (χ2v) is 6.20. The van der Waals surface area contributed by atoms with Crippen LogP contribution < -0.4 is 10.9 Å². The lowest BCUT2D eigenvalue weighted by atomic mass is 9.95. The number of hydrogen-bond donors (Lipinski definition) is 1. The van der Waals surface area contributed by atoms with E-state index < -0.39 is 11.5 Å². The molecule has 0 bridgehead atoms. The minimum Gasteiger partial charge on any atom is -0.383 e. The van der Waals surface area contributed by atoms with Gasteiger partial charge in [0.15, 0.2) is 0 Å². The van der Waals surface area contributed by atoms with Crippen molar-refractivity contribution in [1.82, 2.24) is 15.1 Å². The minimum atomic E-state index is -0.428. The summed E-state index contributed by atoms with van der Waals surface area (Å²) in [7, 11) is 1.56. The third kappa shape index (κ3) is 4.02. The highest BCUT2D eigenvalue weighted by Crippen LogP contribution is 2.31. The standard InChI is InChI=1S/C22H23N3O3/c1-3-25-22(27)19(21(26)23-14-15-28-2)18(16-10-6-4-7-11-16)20(24-25)17-12-8-5-9-13-17/h4-13H,3,14-15H2,1-2H3,(H,23,26). The topological polar surface area (TPSA) is 73.2 Å². The van der Waals surface area contributed by atoms with Crippen LogP contribution in [0.25, 0.3) is 22.4 Å². The lowest BCUT2D eigenvalue weighted by molar-refractivity contribution is 0.0935. The van der Waals surface area contributed by atoms with Crippen molar-refractivity contribution in [1.29, 1.82) is 0 Å². The number of carbonyl (C=O) groups excluding carboxylic acids is 1. The van der Waals surface area contributed by atoms with Gasteiger partial charge in [0.1, 0.15) is 5.56 Å². The van der Waals surface area contributed by atoms with E-state index in [0.29, 0.717) is 31.0 Å². The van der Waals surface area contributed by atoms with Crippen LogP contribution in [0.4, 0.5) is 0 Å². The molecule has 0 saturated carbocycles. The number of aryl methyl sites for hydroxylation is 1. The van der Waals surface area contributed by atoms with E-state index in [2.05, 4.69) is 10.4 Å². The Balaban J connectivity index is 2.29. The van der Waals surface area contributed by atoms with E-state index in [-0.39, 0.29) is 5.56 Å². The maximum atomic E-state index is 13.1. The van der Waals surface area contributed by atoms with Gasteiger partial charge in [0.25, 0.3) is 11.5 Å². The van der Waals surface area contributed by atoms with E-state index >= 15 is 0 Å². The summed E-state index contributed by atoms with van der Waals surface area (Å²) in [5.74, 6) is -0.428. The maximum Gasteiger partial charge on any atom is 0.280 e.